The van der Waals surface area contributed by atoms with E-state index in [9.17, 15) is 9.18 Å². The smallest absolute Gasteiger partial charge is 0.238 e. The summed E-state index contributed by atoms with van der Waals surface area (Å²) in [4.78, 5) is 16.4. The second-order valence-corrected chi connectivity index (χ2v) is 5.98. The molecule has 0 aliphatic carbocycles. The molecular weight excluding hydrogens is 271 g/mol. The number of nitrogens with two attached hydrogens (primary N) is 1. The summed E-state index contributed by atoms with van der Waals surface area (Å²) in [6.45, 7) is 4.23. The number of nitrogens with zero attached hydrogens (tertiary/aromatic N) is 2. The molecule has 1 heterocycles. The molecule has 0 aromatic heterocycles. The van der Waals surface area contributed by atoms with E-state index in [0.717, 1.165) is 13.1 Å². The molecule has 1 aromatic carbocycles. The minimum Gasteiger partial charge on any atom is -0.397 e. The molecule has 1 aromatic rings. The lowest BCUT2D eigenvalue weighted by Crippen LogP contribution is -2.36. The summed E-state index contributed by atoms with van der Waals surface area (Å²) in [5, 5.41) is 2.68. The predicted octanol–water partition coefficient (Wildman–Crippen LogP) is 1.23. The zero-order valence-corrected chi connectivity index (χ0v) is 12.8. The van der Waals surface area contributed by atoms with Crippen molar-refractivity contribution in [3.05, 3.63) is 24.0 Å². The summed E-state index contributed by atoms with van der Waals surface area (Å²) < 4.78 is 13.2. The number of benzene rings is 1. The number of carbonyl (C=O) groups excluding carboxylic acids is 1. The molecule has 116 valence electrons. The topological polar surface area (TPSA) is 61.6 Å². The van der Waals surface area contributed by atoms with Crippen molar-refractivity contribution in [3.8, 4) is 0 Å². The van der Waals surface area contributed by atoms with Crippen molar-refractivity contribution in [2.45, 2.75) is 13.0 Å². The number of likely N-dealkylation sites (N-methyl/N-ethyl adjacent to an activating group) is 1. The number of carbonyl (C=O) groups is 1. The summed E-state index contributed by atoms with van der Waals surface area (Å²) in [5.74, 6) is -0.0621. The number of nitrogens with one attached hydrogen (secondary N) is 1. The van der Waals surface area contributed by atoms with E-state index in [0.29, 0.717) is 29.9 Å². The lowest BCUT2D eigenvalue weighted by Gasteiger charge is -2.22. The van der Waals surface area contributed by atoms with Gasteiger partial charge in [0.2, 0.25) is 5.91 Å². The second-order valence-electron chi connectivity index (χ2n) is 5.98. The third-order valence-electron chi connectivity index (χ3n) is 3.97. The van der Waals surface area contributed by atoms with Crippen LogP contribution in [0.5, 0.6) is 0 Å². The molecule has 6 heteroatoms. The molecular formula is C15H23FN4O. The highest BCUT2D eigenvalue weighted by atomic mass is 19.1. The third kappa shape index (κ3) is 3.92. The van der Waals surface area contributed by atoms with E-state index in [1.807, 2.05) is 0 Å². The Bertz CT molecular complexity index is 520. The van der Waals surface area contributed by atoms with E-state index in [1.54, 1.807) is 0 Å². The lowest BCUT2D eigenvalue weighted by molar-refractivity contribution is -0.117. The van der Waals surface area contributed by atoms with E-state index < -0.39 is 5.82 Å². The van der Waals surface area contributed by atoms with Gasteiger partial charge in [-0.15, -0.1) is 0 Å². The Hall–Kier alpha value is -1.66. The quantitative estimate of drug-likeness (QED) is 0.820. The maximum Gasteiger partial charge on any atom is 0.238 e. The number of anilines is 2. The number of halogens is 1. The highest BCUT2D eigenvalue weighted by Gasteiger charge is 2.31. The molecule has 1 aliphatic rings. The number of nitrogen functional groups attached to an aromatic ring is 1. The van der Waals surface area contributed by atoms with Crippen LogP contribution in [0.25, 0.3) is 0 Å². The minimum atomic E-state index is -0.415. The van der Waals surface area contributed by atoms with Gasteiger partial charge >= 0.3 is 0 Å². The second kappa shape index (κ2) is 6.41. The fourth-order valence-corrected chi connectivity index (χ4v) is 2.88. The summed E-state index contributed by atoms with van der Waals surface area (Å²) in [6.07, 6.45) is 0. The fraction of sp³-hybridized carbons (Fsp3) is 0.533. The molecule has 0 spiro atoms. The van der Waals surface area contributed by atoms with Crippen LogP contribution in [0.3, 0.4) is 0 Å². The first-order valence-corrected chi connectivity index (χ1v) is 7.10. The van der Waals surface area contributed by atoms with Gasteiger partial charge in [0, 0.05) is 19.1 Å². The Morgan fingerprint density at radius 2 is 2.19 bits per heavy atom. The number of hydrogen-bond donors (Lipinski definition) is 2. The van der Waals surface area contributed by atoms with Crippen LogP contribution in [-0.4, -0.2) is 55.5 Å². The van der Waals surface area contributed by atoms with Crippen molar-refractivity contribution in [1.82, 2.24) is 9.80 Å². The highest BCUT2D eigenvalue weighted by Crippen LogP contribution is 2.21. The summed E-state index contributed by atoms with van der Waals surface area (Å²) >= 11 is 0. The van der Waals surface area contributed by atoms with Crippen molar-refractivity contribution in [3.63, 3.8) is 0 Å². The molecule has 2 unspecified atom stereocenters. The maximum atomic E-state index is 13.2. The van der Waals surface area contributed by atoms with Gasteiger partial charge < -0.3 is 16.0 Å². The SMILES string of the molecule is CC1CN(CC(=O)Nc2cc(F)ccc2N)CC1N(C)C. The van der Waals surface area contributed by atoms with Gasteiger partial charge in [-0.25, -0.2) is 4.39 Å². The minimum absolute atomic E-state index is 0.168. The maximum absolute atomic E-state index is 13.2. The van der Waals surface area contributed by atoms with Crippen LogP contribution in [0, 0.1) is 11.7 Å². The number of amides is 1. The van der Waals surface area contributed by atoms with Crippen LogP contribution < -0.4 is 11.1 Å². The average molecular weight is 294 g/mol. The summed E-state index contributed by atoms with van der Waals surface area (Å²) in [7, 11) is 4.11. The third-order valence-corrected chi connectivity index (χ3v) is 3.97. The van der Waals surface area contributed by atoms with Gasteiger partial charge in [-0.2, -0.15) is 0 Å². The molecule has 3 N–H and O–H groups in total. The molecule has 2 atom stereocenters. The van der Waals surface area contributed by atoms with E-state index in [-0.39, 0.29) is 5.91 Å². The zero-order chi connectivity index (χ0) is 15.6. The van der Waals surface area contributed by atoms with Gasteiger partial charge in [0.05, 0.1) is 17.9 Å². The Morgan fingerprint density at radius 1 is 1.48 bits per heavy atom. The van der Waals surface area contributed by atoms with E-state index in [1.165, 1.54) is 18.2 Å². The first-order valence-electron chi connectivity index (χ1n) is 7.10. The molecule has 0 radical (unpaired) electrons. The molecule has 1 amide bonds. The van der Waals surface area contributed by atoms with Gasteiger partial charge in [0.25, 0.3) is 0 Å². The van der Waals surface area contributed by atoms with Crippen molar-refractivity contribution >= 4 is 17.3 Å². The van der Waals surface area contributed by atoms with E-state index >= 15 is 0 Å². The monoisotopic (exact) mass is 294 g/mol. The average Bonchev–Trinajstić information content (AvgIpc) is 2.74. The molecule has 1 aliphatic heterocycles. The number of hydrogen-bond acceptors (Lipinski definition) is 4. The van der Waals surface area contributed by atoms with Crippen LogP contribution in [-0.2, 0) is 4.79 Å². The largest absolute Gasteiger partial charge is 0.397 e. The summed E-state index contributed by atoms with van der Waals surface area (Å²) in [6, 6.07) is 4.42. The van der Waals surface area contributed by atoms with Gasteiger partial charge in [-0.05, 0) is 38.2 Å². The van der Waals surface area contributed by atoms with Crippen molar-refractivity contribution in [2.24, 2.45) is 5.92 Å². The zero-order valence-electron chi connectivity index (χ0n) is 12.8. The Balaban J connectivity index is 1.92. The van der Waals surface area contributed by atoms with Crippen LogP contribution in [0.15, 0.2) is 18.2 Å². The van der Waals surface area contributed by atoms with Crippen LogP contribution in [0.1, 0.15) is 6.92 Å². The number of rotatable bonds is 4. The van der Waals surface area contributed by atoms with Crippen LogP contribution >= 0.6 is 0 Å². The van der Waals surface area contributed by atoms with Crippen LogP contribution in [0.2, 0.25) is 0 Å². The van der Waals surface area contributed by atoms with E-state index in [2.05, 4.69) is 36.1 Å². The Labute approximate surface area is 124 Å². The fourth-order valence-electron chi connectivity index (χ4n) is 2.88. The predicted molar refractivity (Wildman–Crippen MR) is 82.5 cm³/mol. The molecule has 2 rings (SSSR count). The van der Waals surface area contributed by atoms with Gasteiger partial charge in [-0.3, -0.25) is 9.69 Å². The Morgan fingerprint density at radius 3 is 2.81 bits per heavy atom. The van der Waals surface area contributed by atoms with Crippen molar-refractivity contribution in [1.29, 1.82) is 0 Å². The van der Waals surface area contributed by atoms with Gasteiger partial charge in [0.15, 0.2) is 0 Å². The van der Waals surface area contributed by atoms with Crippen molar-refractivity contribution in [2.75, 3.05) is 44.8 Å². The number of likely N-dealkylation sites (tertiary alicyclic amines) is 1. The highest BCUT2D eigenvalue weighted by molar-refractivity contribution is 5.95. The summed E-state index contributed by atoms with van der Waals surface area (Å²) in [5.41, 5.74) is 6.42. The first kappa shape index (κ1) is 15.7. The first-order chi connectivity index (χ1) is 9.86. The van der Waals surface area contributed by atoms with Crippen molar-refractivity contribution < 1.29 is 9.18 Å². The van der Waals surface area contributed by atoms with Gasteiger partial charge in [0.1, 0.15) is 5.82 Å². The van der Waals surface area contributed by atoms with Crippen LogP contribution in [0.4, 0.5) is 15.8 Å². The van der Waals surface area contributed by atoms with Gasteiger partial charge in [-0.1, -0.05) is 6.92 Å². The standard InChI is InChI=1S/C15H23FN4O/c1-10-7-20(8-14(10)19(2)3)9-15(21)18-13-6-11(16)4-5-12(13)17/h4-6,10,14H,7-9,17H2,1-3H3,(H,18,21). The molecule has 0 bridgehead atoms. The molecule has 1 saturated heterocycles. The molecule has 1 fully saturated rings. The molecule has 5 nitrogen and oxygen atoms in total. The molecule has 0 saturated carbocycles. The Kier molecular flexibility index (Phi) is 4.80. The van der Waals surface area contributed by atoms with E-state index in [4.69, 9.17) is 5.73 Å². The molecule has 21 heavy (non-hydrogen) atoms. The lowest BCUT2D eigenvalue weighted by atomic mass is 10.1. The normalized spacial score (nSPS) is 22.7.